The first-order valence-corrected chi connectivity index (χ1v) is 23.9. The highest BCUT2D eigenvalue weighted by molar-refractivity contribution is 8.93. The van der Waals surface area contributed by atoms with Gasteiger partial charge in [0.05, 0.1) is 0 Å². The minimum absolute atomic E-state index is 0. The largest absolute Gasteiger partial charge is 0.114 e. The summed E-state index contributed by atoms with van der Waals surface area (Å²) < 4.78 is 0. The lowest BCUT2D eigenvalue weighted by Gasteiger charge is -2.16. The number of rotatable bonds is 27. The van der Waals surface area contributed by atoms with Gasteiger partial charge >= 0.3 is 0 Å². The van der Waals surface area contributed by atoms with Gasteiger partial charge in [-0.05, 0) is 113 Å². The molecule has 0 N–H and O–H groups in total. The molecule has 0 saturated heterocycles. The SMILES string of the molecule is Br.CCCCP(CCCC)CCCC.CCCCP(CCCC)CCCC.CCCCP(CCCC)CCCC. The molecule has 0 radical (unpaired) electrons. The average Bonchev–Trinajstić information content (AvgIpc) is 2.96. The topological polar surface area (TPSA) is 0 Å². The van der Waals surface area contributed by atoms with Crippen molar-refractivity contribution in [2.24, 2.45) is 0 Å². The van der Waals surface area contributed by atoms with Gasteiger partial charge in [0.1, 0.15) is 0 Å². The van der Waals surface area contributed by atoms with Gasteiger partial charge in [-0.15, -0.1) is 40.7 Å². The molecule has 0 aliphatic rings. The first kappa shape index (κ1) is 48.7. The Morgan fingerprint density at radius 1 is 0.225 bits per heavy atom. The summed E-state index contributed by atoms with van der Waals surface area (Å²) in [6, 6.07) is 0. The third kappa shape index (κ3) is 41.9. The molecule has 4 heteroatoms. The van der Waals surface area contributed by atoms with Gasteiger partial charge in [0.25, 0.3) is 0 Å². The Balaban J connectivity index is -0.000000240. The third-order valence-electron chi connectivity index (χ3n) is 7.45. The molecule has 0 heterocycles. The van der Waals surface area contributed by atoms with Crippen molar-refractivity contribution in [2.75, 3.05) is 55.5 Å². The van der Waals surface area contributed by atoms with Gasteiger partial charge in [-0.3, -0.25) is 0 Å². The molecule has 0 saturated carbocycles. The molecule has 40 heavy (non-hydrogen) atoms. The summed E-state index contributed by atoms with van der Waals surface area (Å²) in [5.74, 6) is 0. The molecule has 0 unspecified atom stereocenters. The van der Waals surface area contributed by atoms with Crippen LogP contribution in [0.2, 0.25) is 0 Å². The molecule has 0 aliphatic heterocycles. The van der Waals surface area contributed by atoms with Gasteiger partial charge in [0.15, 0.2) is 0 Å². The van der Waals surface area contributed by atoms with Crippen LogP contribution in [0.25, 0.3) is 0 Å². The summed E-state index contributed by atoms with van der Waals surface area (Å²) in [4.78, 5) is 0. The summed E-state index contributed by atoms with van der Waals surface area (Å²) >= 11 is 0. The first-order chi connectivity index (χ1) is 19.0. The van der Waals surface area contributed by atoms with Gasteiger partial charge in [-0.2, -0.15) is 0 Å². The van der Waals surface area contributed by atoms with Crippen LogP contribution in [0.15, 0.2) is 0 Å². The number of hydrogen-bond acceptors (Lipinski definition) is 0. The highest BCUT2D eigenvalue weighted by Gasteiger charge is 2.07. The van der Waals surface area contributed by atoms with Crippen LogP contribution in [-0.2, 0) is 0 Å². The molecule has 0 spiro atoms. The minimum atomic E-state index is 0. The maximum Gasteiger partial charge on any atom is -0.0326 e. The van der Waals surface area contributed by atoms with Crippen molar-refractivity contribution in [3.8, 4) is 0 Å². The maximum absolute atomic E-state index is 2.31. The number of unbranched alkanes of at least 4 members (excludes halogenated alkanes) is 9. The van der Waals surface area contributed by atoms with E-state index < -0.39 is 0 Å². The molecule has 0 aromatic rings. The Bertz CT molecular complexity index is 280. The van der Waals surface area contributed by atoms with Crippen molar-refractivity contribution in [1.82, 2.24) is 0 Å². The van der Waals surface area contributed by atoms with Crippen LogP contribution in [0.4, 0.5) is 0 Å². The van der Waals surface area contributed by atoms with Crippen LogP contribution in [-0.4, -0.2) is 55.5 Å². The Morgan fingerprint density at radius 2 is 0.325 bits per heavy atom. The lowest BCUT2D eigenvalue weighted by molar-refractivity contribution is 0.847. The third-order valence-corrected chi connectivity index (χ3v) is 16.0. The zero-order chi connectivity index (χ0) is 29.8. The van der Waals surface area contributed by atoms with Crippen molar-refractivity contribution in [1.29, 1.82) is 0 Å². The fraction of sp³-hybridized carbons (Fsp3) is 1.00. The van der Waals surface area contributed by atoms with E-state index in [9.17, 15) is 0 Å². The second-order valence-electron chi connectivity index (χ2n) is 11.7. The van der Waals surface area contributed by atoms with E-state index in [1.54, 1.807) is 55.5 Å². The fourth-order valence-electron chi connectivity index (χ4n) is 4.44. The van der Waals surface area contributed by atoms with E-state index in [0.29, 0.717) is 23.8 Å². The van der Waals surface area contributed by atoms with E-state index in [1.807, 2.05) is 0 Å². The molecular formula is C36H82BrP3. The monoisotopic (exact) mass is 686 g/mol. The molecule has 0 atom stereocenters. The van der Waals surface area contributed by atoms with Crippen molar-refractivity contribution < 1.29 is 0 Å². The molecule has 0 amide bonds. The lowest BCUT2D eigenvalue weighted by Crippen LogP contribution is -1.95. The van der Waals surface area contributed by atoms with Crippen LogP contribution in [0, 0.1) is 0 Å². The van der Waals surface area contributed by atoms with Crippen molar-refractivity contribution in [3.63, 3.8) is 0 Å². The Kier molecular flexibility index (Phi) is 55.0. The quantitative estimate of drug-likeness (QED) is 0.0754. The molecule has 0 nitrogen and oxygen atoms in total. The van der Waals surface area contributed by atoms with Crippen LogP contribution in [0.5, 0.6) is 0 Å². The first-order valence-electron chi connectivity index (χ1n) is 18.2. The zero-order valence-corrected chi connectivity index (χ0v) is 34.2. The summed E-state index contributed by atoms with van der Waals surface area (Å²) in [5.41, 5.74) is 0. The van der Waals surface area contributed by atoms with E-state index in [0.717, 1.165) is 0 Å². The van der Waals surface area contributed by atoms with E-state index in [2.05, 4.69) is 62.3 Å². The van der Waals surface area contributed by atoms with E-state index >= 15 is 0 Å². The molecule has 0 aliphatic carbocycles. The van der Waals surface area contributed by atoms with Crippen LogP contribution < -0.4 is 0 Å². The van der Waals surface area contributed by atoms with Crippen molar-refractivity contribution in [2.45, 2.75) is 178 Å². The summed E-state index contributed by atoms with van der Waals surface area (Å²) in [6.45, 7) is 20.8. The molecular weight excluding hydrogens is 605 g/mol. The smallest absolute Gasteiger partial charge is 0.0326 e. The van der Waals surface area contributed by atoms with Gasteiger partial charge < -0.3 is 0 Å². The van der Waals surface area contributed by atoms with Crippen molar-refractivity contribution >= 4 is 40.7 Å². The number of hydrogen-bond donors (Lipinski definition) is 0. The Labute approximate surface area is 273 Å². The van der Waals surface area contributed by atoms with Gasteiger partial charge in [-0.1, -0.05) is 120 Å². The molecule has 0 fully saturated rings. The molecule has 248 valence electrons. The average molecular weight is 688 g/mol. The summed E-state index contributed by atoms with van der Waals surface area (Å²) in [5, 5.41) is 0. The Morgan fingerprint density at radius 3 is 0.400 bits per heavy atom. The molecule has 0 aromatic carbocycles. The normalized spacial score (nSPS) is 10.8. The van der Waals surface area contributed by atoms with Gasteiger partial charge in [0, 0.05) is 0 Å². The van der Waals surface area contributed by atoms with Crippen LogP contribution in [0.1, 0.15) is 178 Å². The second kappa shape index (κ2) is 45.2. The second-order valence-corrected chi connectivity index (χ2v) is 19.8. The lowest BCUT2D eigenvalue weighted by atomic mass is 10.4. The zero-order valence-electron chi connectivity index (χ0n) is 29.8. The van der Waals surface area contributed by atoms with E-state index in [1.165, 1.54) is 116 Å². The Hall–Kier alpha value is 1.77. The van der Waals surface area contributed by atoms with E-state index in [-0.39, 0.29) is 17.0 Å². The van der Waals surface area contributed by atoms with Crippen LogP contribution in [0.3, 0.4) is 0 Å². The van der Waals surface area contributed by atoms with E-state index in [4.69, 9.17) is 0 Å². The fourth-order valence-corrected chi connectivity index (χ4v) is 13.3. The van der Waals surface area contributed by atoms with Gasteiger partial charge in [0.2, 0.25) is 0 Å². The molecule has 0 aromatic heterocycles. The van der Waals surface area contributed by atoms with Gasteiger partial charge in [-0.25, -0.2) is 0 Å². The highest BCUT2D eigenvalue weighted by Crippen LogP contribution is 2.40. The molecule has 0 bridgehead atoms. The minimum Gasteiger partial charge on any atom is -0.114 e. The van der Waals surface area contributed by atoms with Crippen molar-refractivity contribution in [3.05, 3.63) is 0 Å². The highest BCUT2D eigenvalue weighted by atomic mass is 79.9. The molecule has 0 rings (SSSR count). The number of halogens is 1. The summed E-state index contributed by atoms with van der Waals surface area (Å²) in [7, 11) is 1.27. The summed E-state index contributed by atoms with van der Waals surface area (Å²) in [6.07, 6.45) is 39.6. The predicted molar refractivity (Wildman–Crippen MR) is 209 cm³/mol. The predicted octanol–water partition coefficient (Wildman–Crippen LogP) is 15.2. The maximum atomic E-state index is 2.31. The standard InChI is InChI=1S/3C12H27P.BrH/c3*1-4-7-10-13(11-8-5-2)12-9-6-3;/h3*4-12H2,1-3H3;1H. The van der Waals surface area contributed by atoms with Crippen LogP contribution >= 0.6 is 40.7 Å².